The highest BCUT2D eigenvalue weighted by atomic mass is 79.9. The number of carbonyl (C=O) groups excluding carboxylic acids is 1. The number of hydrogen-bond acceptors (Lipinski definition) is 4. The van der Waals surface area contributed by atoms with E-state index in [0.717, 1.165) is 0 Å². The lowest BCUT2D eigenvalue weighted by atomic mass is 10.2. The number of H-pyrrole nitrogens is 1. The van der Waals surface area contributed by atoms with Crippen LogP contribution in [0.15, 0.2) is 31.9 Å². The number of aromatic amines is 1. The molecule has 0 aliphatic carbocycles. The highest BCUT2D eigenvalue weighted by Crippen LogP contribution is 2.04. The lowest BCUT2D eigenvalue weighted by molar-refractivity contribution is -0.136. The van der Waals surface area contributed by atoms with Crippen molar-refractivity contribution >= 4 is 21.9 Å². The summed E-state index contributed by atoms with van der Waals surface area (Å²) in [4.78, 5) is 36.1. The highest BCUT2D eigenvalue weighted by molar-refractivity contribution is 9.10. The molecule has 1 aromatic rings. The fourth-order valence-corrected chi connectivity index (χ4v) is 1.68. The lowest BCUT2D eigenvalue weighted by Gasteiger charge is -2.04. The second-order valence-corrected chi connectivity index (χ2v) is 4.32. The molecular formula is C11H13BrN2O4. The van der Waals surface area contributed by atoms with Gasteiger partial charge in [-0.1, -0.05) is 13.0 Å². The molecule has 0 aromatic carbocycles. The fraction of sp³-hybridized carbons (Fsp3) is 0.364. The van der Waals surface area contributed by atoms with Crippen LogP contribution in [0.25, 0.3) is 0 Å². The minimum Gasteiger partial charge on any atom is -0.466 e. The summed E-state index contributed by atoms with van der Waals surface area (Å²) in [6.07, 6.45) is 3.48. The van der Waals surface area contributed by atoms with Crippen LogP contribution in [-0.4, -0.2) is 22.6 Å². The number of nitrogens with zero attached hydrogens (tertiary/aromatic N) is 1. The van der Waals surface area contributed by atoms with Gasteiger partial charge in [-0.15, -0.1) is 0 Å². The van der Waals surface area contributed by atoms with E-state index >= 15 is 0 Å². The third-order valence-corrected chi connectivity index (χ3v) is 2.90. The maximum absolute atomic E-state index is 11.5. The summed E-state index contributed by atoms with van der Waals surface area (Å²) in [5.41, 5.74) is -0.532. The standard InChI is InChI=1S/C11H13BrN2O4/c1-3-7(10(16)18-2)4-5-14-6-8(12)9(15)13-11(14)17/h4,6H,3,5H2,1-2H3,(H,13,15,17). The van der Waals surface area contributed by atoms with Crippen molar-refractivity contribution in [2.45, 2.75) is 19.9 Å². The van der Waals surface area contributed by atoms with Gasteiger partial charge in [0.05, 0.1) is 11.6 Å². The Morgan fingerprint density at radius 3 is 2.78 bits per heavy atom. The zero-order valence-electron chi connectivity index (χ0n) is 10.0. The molecule has 6 nitrogen and oxygen atoms in total. The zero-order valence-corrected chi connectivity index (χ0v) is 11.6. The summed E-state index contributed by atoms with van der Waals surface area (Å²) >= 11 is 3.03. The predicted molar refractivity (Wildman–Crippen MR) is 69.4 cm³/mol. The van der Waals surface area contributed by atoms with E-state index in [4.69, 9.17) is 0 Å². The summed E-state index contributed by atoms with van der Waals surface area (Å²) in [6.45, 7) is 2.00. The van der Waals surface area contributed by atoms with Crippen molar-refractivity contribution in [3.63, 3.8) is 0 Å². The van der Waals surface area contributed by atoms with Crippen LogP contribution in [0.2, 0.25) is 0 Å². The Morgan fingerprint density at radius 1 is 1.56 bits per heavy atom. The first-order valence-corrected chi connectivity index (χ1v) is 6.05. The molecule has 0 spiro atoms. The summed E-state index contributed by atoms with van der Waals surface area (Å²) < 4.78 is 6.14. The van der Waals surface area contributed by atoms with Crippen LogP contribution < -0.4 is 11.2 Å². The fourth-order valence-electron chi connectivity index (χ4n) is 1.33. The molecule has 1 heterocycles. The number of aromatic nitrogens is 2. The number of esters is 1. The van der Waals surface area contributed by atoms with Crippen molar-refractivity contribution in [2.24, 2.45) is 0 Å². The number of nitrogens with one attached hydrogen (secondary N) is 1. The molecule has 0 bridgehead atoms. The first-order chi connectivity index (χ1) is 8.49. The van der Waals surface area contributed by atoms with E-state index in [9.17, 15) is 14.4 Å². The normalized spacial score (nSPS) is 11.4. The zero-order chi connectivity index (χ0) is 13.7. The Morgan fingerprint density at radius 2 is 2.22 bits per heavy atom. The molecule has 0 aliphatic rings. The largest absolute Gasteiger partial charge is 0.466 e. The van der Waals surface area contributed by atoms with Crippen molar-refractivity contribution in [1.29, 1.82) is 0 Å². The smallest absolute Gasteiger partial charge is 0.333 e. The van der Waals surface area contributed by atoms with Crippen molar-refractivity contribution in [3.05, 3.63) is 43.2 Å². The van der Waals surface area contributed by atoms with Crippen LogP contribution in [0.5, 0.6) is 0 Å². The van der Waals surface area contributed by atoms with Crippen LogP contribution in [0.4, 0.5) is 0 Å². The third-order valence-electron chi connectivity index (χ3n) is 2.33. The minimum absolute atomic E-state index is 0.187. The predicted octanol–water partition coefficient (Wildman–Crippen LogP) is 0.808. The number of rotatable bonds is 4. The Kier molecular flexibility index (Phi) is 5.08. The molecule has 0 fully saturated rings. The summed E-state index contributed by atoms with van der Waals surface area (Å²) in [5, 5.41) is 0. The van der Waals surface area contributed by atoms with Crippen molar-refractivity contribution < 1.29 is 9.53 Å². The Balaban J connectivity index is 3.02. The number of halogens is 1. The number of ether oxygens (including phenoxy) is 1. The van der Waals surface area contributed by atoms with Crippen LogP contribution >= 0.6 is 15.9 Å². The van der Waals surface area contributed by atoms with Crippen molar-refractivity contribution in [1.82, 2.24) is 9.55 Å². The summed E-state index contributed by atoms with van der Waals surface area (Å²) in [5.74, 6) is -0.422. The summed E-state index contributed by atoms with van der Waals surface area (Å²) in [7, 11) is 1.30. The Hall–Kier alpha value is -1.63. The second kappa shape index (κ2) is 6.34. The van der Waals surface area contributed by atoms with Gasteiger partial charge in [0.1, 0.15) is 0 Å². The first kappa shape index (κ1) is 14.4. The highest BCUT2D eigenvalue weighted by Gasteiger charge is 2.07. The number of allylic oxidation sites excluding steroid dienone is 1. The molecule has 7 heteroatoms. The quantitative estimate of drug-likeness (QED) is 0.658. The van der Waals surface area contributed by atoms with Crippen molar-refractivity contribution in [2.75, 3.05) is 7.11 Å². The van der Waals surface area contributed by atoms with Crippen LogP contribution in [0.1, 0.15) is 13.3 Å². The molecule has 0 amide bonds. The van der Waals surface area contributed by atoms with Gasteiger partial charge in [-0.25, -0.2) is 9.59 Å². The van der Waals surface area contributed by atoms with E-state index in [0.29, 0.717) is 12.0 Å². The van der Waals surface area contributed by atoms with Gasteiger partial charge >= 0.3 is 11.7 Å². The van der Waals surface area contributed by atoms with Crippen LogP contribution in [0.3, 0.4) is 0 Å². The van der Waals surface area contributed by atoms with Gasteiger partial charge < -0.3 is 4.74 Å². The third kappa shape index (κ3) is 3.43. The van der Waals surface area contributed by atoms with Crippen LogP contribution in [0, 0.1) is 0 Å². The van der Waals surface area contributed by atoms with Crippen molar-refractivity contribution in [3.8, 4) is 0 Å². The summed E-state index contributed by atoms with van der Waals surface area (Å²) in [6, 6.07) is 0. The lowest BCUT2D eigenvalue weighted by Crippen LogP contribution is -2.29. The second-order valence-electron chi connectivity index (χ2n) is 3.46. The average molecular weight is 317 g/mol. The molecule has 1 aromatic heterocycles. The topological polar surface area (TPSA) is 81.2 Å². The maximum Gasteiger partial charge on any atom is 0.333 e. The van der Waals surface area contributed by atoms with Gasteiger partial charge in [-0.05, 0) is 22.4 Å². The molecule has 0 saturated heterocycles. The van der Waals surface area contributed by atoms with E-state index < -0.39 is 17.2 Å². The monoisotopic (exact) mass is 316 g/mol. The SMILES string of the molecule is CCC(=CCn1cc(Br)c(=O)[nH]c1=O)C(=O)OC. The number of carbonyl (C=O) groups is 1. The minimum atomic E-state index is -0.528. The molecule has 0 radical (unpaired) electrons. The van der Waals surface area contributed by atoms with E-state index in [1.54, 1.807) is 6.08 Å². The molecule has 98 valence electrons. The molecule has 0 atom stereocenters. The van der Waals surface area contributed by atoms with Gasteiger partial charge in [-0.3, -0.25) is 14.3 Å². The molecular weight excluding hydrogens is 304 g/mol. The van der Waals surface area contributed by atoms with E-state index in [1.807, 2.05) is 6.92 Å². The Bertz CT molecular complexity index is 585. The van der Waals surface area contributed by atoms with Gasteiger partial charge in [0.2, 0.25) is 0 Å². The molecule has 1 rings (SSSR count). The van der Waals surface area contributed by atoms with Gasteiger partial charge in [0, 0.05) is 18.3 Å². The van der Waals surface area contributed by atoms with E-state index in [2.05, 4.69) is 25.7 Å². The first-order valence-electron chi connectivity index (χ1n) is 5.26. The number of hydrogen-bond donors (Lipinski definition) is 1. The average Bonchev–Trinajstić information content (AvgIpc) is 2.35. The van der Waals surface area contributed by atoms with Crippen LogP contribution in [-0.2, 0) is 16.1 Å². The molecule has 0 unspecified atom stereocenters. The van der Waals surface area contributed by atoms with E-state index in [1.165, 1.54) is 17.9 Å². The van der Waals surface area contributed by atoms with Gasteiger partial charge in [-0.2, -0.15) is 0 Å². The maximum atomic E-state index is 11.5. The number of methoxy groups -OCH3 is 1. The molecule has 18 heavy (non-hydrogen) atoms. The van der Waals surface area contributed by atoms with Gasteiger partial charge in [0.25, 0.3) is 5.56 Å². The van der Waals surface area contributed by atoms with E-state index in [-0.39, 0.29) is 11.0 Å². The van der Waals surface area contributed by atoms with Gasteiger partial charge in [0.15, 0.2) is 0 Å². The molecule has 0 aliphatic heterocycles. The molecule has 1 N–H and O–H groups in total. The molecule has 0 saturated carbocycles. The Labute approximate surface area is 111 Å².